The molecule has 0 saturated heterocycles. The second-order valence-corrected chi connectivity index (χ2v) is 6.95. The van der Waals surface area contributed by atoms with Gasteiger partial charge in [-0.3, -0.25) is 4.68 Å². The van der Waals surface area contributed by atoms with Crippen molar-refractivity contribution in [3.63, 3.8) is 0 Å². The van der Waals surface area contributed by atoms with E-state index in [1.165, 1.54) is 18.4 Å². The van der Waals surface area contributed by atoms with Crippen LogP contribution in [0.15, 0.2) is 61.1 Å². The number of benzene rings is 1. The third-order valence-corrected chi connectivity index (χ3v) is 4.97. The number of imidazole rings is 1. The van der Waals surface area contributed by atoms with E-state index in [0.717, 1.165) is 29.1 Å². The van der Waals surface area contributed by atoms with Crippen molar-refractivity contribution in [2.75, 3.05) is 0 Å². The van der Waals surface area contributed by atoms with E-state index in [1.54, 1.807) is 0 Å². The molecule has 6 heteroatoms. The molecule has 0 bridgehead atoms. The van der Waals surface area contributed by atoms with Crippen LogP contribution in [0.25, 0.3) is 16.9 Å². The van der Waals surface area contributed by atoms with E-state index in [2.05, 4.69) is 22.2 Å². The van der Waals surface area contributed by atoms with Gasteiger partial charge in [0.05, 0.1) is 36.4 Å². The fourth-order valence-electron chi connectivity index (χ4n) is 3.31. The maximum absolute atomic E-state index is 6.33. The Balaban J connectivity index is 1.47. The van der Waals surface area contributed by atoms with Crippen molar-refractivity contribution in [1.29, 1.82) is 0 Å². The largest absolute Gasteiger partial charge is 0.322 e. The zero-order valence-electron chi connectivity index (χ0n) is 14.4. The molecule has 1 aromatic carbocycles. The summed E-state index contributed by atoms with van der Waals surface area (Å²) in [5.41, 5.74) is 11.2. The maximum Gasteiger partial charge on any atom is 0.154 e. The van der Waals surface area contributed by atoms with Gasteiger partial charge in [0.25, 0.3) is 0 Å². The van der Waals surface area contributed by atoms with Gasteiger partial charge in [0, 0.05) is 11.8 Å². The van der Waals surface area contributed by atoms with Gasteiger partial charge < -0.3 is 5.73 Å². The van der Waals surface area contributed by atoms with E-state index in [4.69, 9.17) is 10.8 Å². The van der Waals surface area contributed by atoms with Crippen LogP contribution in [0.1, 0.15) is 30.1 Å². The van der Waals surface area contributed by atoms with Gasteiger partial charge in [-0.15, -0.1) is 0 Å². The molecule has 6 nitrogen and oxygen atoms in total. The standard InChI is InChI=1S/C20H20N6/c21-20(15-6-7-15)17-8-9-19-22-11-18(26(19)24-17)16-10-23-25(13-16)12-14-4-2-1-3-5-14/h1-5,8-11,13,15,20H,6-7,12,21H2. The Kier molecular flexibility index (Phi) is 3.57. The quantitative estimate of drug-likeness (QED) is 0.604. The second kappa shape index (κ2) is 6.07. The monoisotopic (exact) mass is 344 g/mol. The Bertz CT molecular complexity index is 1040. The Morgan fingerprint density at radius 2 is 1.92 bits per heavy atom. The summed E-state index contributed by atoms with van der Waals surface area (Å²) in [4.78, 5) is 4.47. The highest BCUT2D eigenvalue weighted by Crippen LogP contribution is 2.38. The molecule has 2 N–H and O–H groups in total. The Labute approximate surface area is 151 Å². The van der Waals surface area contributed by atoms with Crippen molar-refractivity contribution in [2.24, 2.45) is 11.7 Å². The first kappa shape index (κ1) is 15.3. The van der Waals surface area contributed by atoms with Gasteiger partial charge in [-0.1, -0.05) is 30.3 Å². The number of nitrogens with two attached hydrogens (primary N) is 1. The van der Waals surface area contributed by atoms with E-state index in [9.17, 15) is 0 Å². The van der Waals surface area contributed by atoms with E-state index < -0.39 is 0 Å². The third kappa shape index (κ3) is 2.78. The van der Waals surface area contributed by atoms with E-state index >= 15 is 0 Å². The van der Waals surface area contributed by atoms with Gasteiger partial charge in [-0.25, -0.2) is 9.50 Å². The van der Waals surface area contributed by atoms with Crippen LogP contribution >= 0.6 is 0 Å². The molecule has 1 fully saturated rings. The molecule has 1 unspecified atom stereocenters. The van der Waals surface area contributed by atoms with E-state index in [-0.39, 0.29) is 6.04 Å². The Morgan fingerprint density at radius 3 is 2.73 bits per heavy atom. The number of fused-ring (bicyclic) bond motifs is 1. The van der Waals surface area contributed by atoms with Gasteiger partial charge in [0.1, 0.15) is 0 Å². The van der Waals surface area contributed by atoms with Crippen LogP contribution in [0.5, 0.6) is 0 Å². The molecular formula is C20H20N6. The van der Waals surface area contributed by atoms with E-state index in [1.807, 2.05) is 58.1 Å². The van der Waals surface area contributed by atoms with Crippen LogP contribution in [0, 0.1) is 5.92 Å². The third-order valence-electron chi connectivity index (χ3n) is 4.97. The smallest absolute Gasteiger partial charge is 0.154 e. The van der Waals surface area contributed by atoms with Crippen LogP contribution in [-0.4, -0.2) is 24.4 Å². The van der Waals surface area contributed by atoms with Crippen LogP contribution < -0.4 is 5.73 Å². The molecule has 130 valence electrons. The molecule has 4 aromatic rings. The lowest BCUT2D eigenvalue weighted by Crippen LogP contribution is -2.15. The minimum absolute atomic E-state index is 0.00968. The van der Waals surface area contributed by atoms with Crippen LogP contribution in [0.3, 0.4) is 0 Å². The van der Waals surface area contributed by atoms with Crippen molar-refractivity contribution in [2.45, 2.75) is 25.4 Å². The van der Waals surface area contributed by atoms with Gasteiger partial charge >= 0.3 is 0 Å². The Hall–Kier alpha value is -2.99. The average molecular weight is 344 g/mol. The summed E-state index contributed by atoms with van der Waals surface area (Å²) in [6.45, 7) is 0.739. The highest BCUT2D eigenvalue weighted by molar-refractivity contribution is 5.61. The summed E-state index contributed by atoms with van der Waals surface area (Å²) in [6.07, 6.45) is 8.14. The zero-order chi connectivity index (χ0) is 17.5. The summed E-state index contributed by atoms with van der Waals surface area (Å²) in [6, 6.07) is 14.3. The SMILES string of the molecule is NC(c1ccc2ncc(-c3cnn(Cc4ccccc4)c3)n2n1)C1CC1. The molecule has 26 heavy (non-hydrogen) atoms. The van der Waals surface area contributed by atoms with Crippen LogP contribution in [-0.2, 0) is 6.54 Å². The first-order valence-corrected chi connectivity index (χ1v) is 8.95. The summed E-state index contributed by atoms with van der Waals surface area (Å²) >= 11 is 0. The van der Waals surface area contributed by atoms with Gasteiger partial charge in [0.2, 0.25) is 0 Å². The molecule has 1 aliphatic rings. The first-order valence-electron chi connectivity index (χ1n) is 8.95. The minimum atomic E-state index is 0.00968. The molecule has 1 aliphatic carbocycles. The number of nitrogens with zero attached hydrogens (tertiary/aromatic N) is 5. The molecule has 1 saturated carbocycles. The van der Waals surface area contributed by atoms with Crippen molar-refractivity contribution in [3.05, 3.63) is 72.3 Å². The van der Waals surface area contributed by atoms with Gasteiger partial charge in [-0.2, -0.15) is 10.2 Å². The fraction of sp³-hybridized carbons (Fsp3) is 0.250. The molecule has 3 aromatic heterocycles. The molecule has 0 radical (unpaired) electrons. The lowest BCUT2D eigenvalue weighted by atomic mass is 10.1. The minimum Gasteiger partial charge on any atom is -0.322 e. The molecule has 0 amide bonds. The van der Waals surface area contributed by atoms with Crippen molar-refractivity contribution in [1.82, 2.24) is 24.4 Å². The molecule has 0 spiro atoms. The highest BCUT2D eigenvalue weighted by atomic mass is 15.3. The fourth-order valence-corrected chi connectivity index (χ4v) is 3.31. The van der Waals surface area contributed by atoms with Crippen molar-refractivity contribution in [3.8, 4) is 11.3 Å². The van der Waals surface area contributed by atoms with Gasteiger partial charge in [0.15, 0.2) is 5.65 Å². The summed E-state index contributed by atoms with van der Waals surface area (Å²) in [5, 5.41) is 9.25. The molecule has 0 aliphatic heterocycles. The average Bonchev–Trinajstić information content (AvgIpc) is 3.29. The Morgan fingerprint density at radius 1 is 1.08 bits per heavy atom. The number of aromatic nitrogens is 5. The second-order valence-electron chi connectivity index (χ2n) is 6.95. The number of rotatable bonds is 5. The molecule has 1 atom stereocenters. The lowest BCUT2D eigenvalue weighted by Gasteiger charge is -2.10. The highest BCUT2D eigenvalue weighted by Gasteiger charge is 2.30. The zero-order valence-corrected chi connectivity index (χ0v) is 14.4. The molecule has 3 heterocycles. The number of hydrogen-bond acceptors (Lipinski definition) is 4. The van der Waals surface area contributed by atoms with Crippen LogP contribution in [0.4, 0.5) is 0 Å². The molecular weight excluding hydrogens is 324 g/mol. The summed E-state index contributed by atoms with van der Waals surface area (Å²) < 4.78 is 3.81. The van der Waals surface area contributed by atoms with E-state index in [0.29, 0.717) is 5.92 Å². The summed E-state index contributed by atoms with van der Waals surface area (Å²) in [7, 11) is 0. The topological polar surface area (TPSA) is 74.0 Å². The predicted octanol–water partition coefficient (Wildman–Crippen LogP) is 3.05. The van der Waals surface area contributed by atoms with Crippen molar-refractivity contribution < 1.29 is 0 Å². The molecule has 5 rings (SSSR count). The predicted molar refractivity (Wildman–Crippen MR) is 99.4 cm³/mol. The number of hydrogen-bond donors (Lipinski definition) is 1. The van der Waals surface area contributed by atoms with Gasteiger partial charge in [-0.05, 0) is 36.5 Å². The first-order chi connectivity index (χ1) is 12.8. The van der Waals surface area contributed by atoms with Crippen LogP contribution in [0.2, 0.25) is 0 Å². The maximum atomic E-state index is 6.33. The van der Waals surface area contributed by atoms with Crippen molar-refractivity contribution >= 4 is 5.65 Å². The summed E-state index contributed by atoms with van der Waals surface area (Å²) in [5.74, 6) is 0.570. The normalized spacial score (nSPS) is 15.4. The lowest BCUT2D eigenvalue weighted by molar-refractivity contribution is 0.600.